The zero-order chi connectivity index (χ0) is 18.4. The van der Waals surface area contributed by atoms with E-state index in [-0.39, 0.29) is 5.97 Å². The Hall–Kier alpha value is -2.49. The Morgan fingerprint density at radius 2 is 1.81 bits per heavy atom. The normalized spacial score (nSPS) is 14.9. The number of carbonyl (C=O) groups is 1. The number of esters is 1. The summed E-state index contributed by atoms with van der Waals surface area (Å²) in [6.07, 6.45) is 3.65. The van der Waals surface area contributed by atoms with Gasteiger partial charge in [0, 0.05) is 30.5 Å². The molecule has 1 aliphatic heterocycles. The largest absolute Gasteiger partial charge is 0.469 e. The fraction of sp³-hybridized carbons (Fsp3) is 0.409. The minimum absolute atomic E-state index is 0.203. The second-order valence-corrected chi connectivity index (χ2v) is 6.84. The number of nitrogens with one attached hydrogen (secondary N) is 1. The number of hydrogen-bond acceptors (Lipinski definition) is 4. The molecule has 0 saturated carbocycles. The van der Waals surface area contributed by atoms with Gasteiger partial charge >= 0.3 is 5.97 Å². The summed E-state index contributed by atoms with van der Waals surface area (Å²) < 4.78 is 4.71. The molecule has 4 nitrogen and oxygen atoms in total. The summed E-state index contributed by atoms with van der Waals surface area (Å²) in [7, 11) is 1.42. The molecule has 0 aromatic heterocycles. The van der Waals surface area contributed by atoms with Gasteiger partial charge in [0.1, 0.15) is 0 Å². The maximum atomic E-state index is 11.3. The lowest BCUT2D eigenvalue weighted by atomic mass is 10.0. The van der Waals surface area contributed by atoms with Crippen LogP contribution in [0.5, 0.6) is 0 Å². The Kier molecular flexibility index (Phi) is 6.16. The first kappa shape index (κ1) is 18.3. The Bertz CT molecular complexity index is 719. The number of piperidine rings is 1. The molecule has 3 rings (SSSR count). The zero-order valence-corrected chi connectivity index (χ0v) is 15.7. The van der Waals surface area contributed by atoms with E-state index >= 15 is 0 Å². The van der Waals surface area contributed by atoms with E-state index in [0.717, 1.165) is 43.6 Å². The van der Waals surface area contributed by atoms with Crippen LogP contribution in [-0.4, -0.2) is 32.2 Å². The topological polar surface area (TPSA) is 41.6 Å². The number of anilines is 2. The van der Waals surface area contributed by atoms with Crippen LogP contribution in [0.15, 0.2) is 48.5 Å². The molecule has 2 aromatic rings. The molecule has 0 aliphatic carbocycles. The molecule has 0 unspecified atom stereocenters. The molecule has 0 atom stereocenters. The minimum atomic E-state index is -0.203. The predicted molar refractivity (Wildman–Crippen MR) is 107 cm³/mol. The third-order valence-corrected chi connectivity index (χ3v) is 5.11. The number of methoxy groups -OCH3 is 1. The number of carbonyl (C=O) groups excluding carboxylic acids is 1. The van der Waals surface area contributed by atoms with Gasteiger partial charge in [-0.15, -0.1) is 0 Å². The summed E-state index contributed by atoms with van der Waals surface area (Å²) in [5, 5.41) is 3.63. The summed E-state index contributed by atoms with van der Waals surface area (Å²) >= 11 is 0. The average molecular weight is 352 g/mol. The summed E-state index contributed by atoms with van der Waals surface area (Å²) in [6.45, 7) is 4.38. The van der Waals surface area contributed by atoms with Crippen molar-refractivity contribution in [3.8, 4) is 0 Å². The van der Waals surface area contributed by atoms with Crippen molar-refractivity contribution in [2.75, 3.05) is 30.4 Å². The van der Waals surface area contributed by atoms with Crippen molar-refractivity contribution in [1.82, 2.24) is 0 Å². The SMILES string of the molecule is CCc1ccccc1N1CCC(Nc2ccc(CC(=O)OC)cc2)CC1. The first-order chi connectivity index (χ1) is 12.7. The van der Waals surface area contributed by atoms with E-state index < -0.39 is 0 Å². The molecule has 138 valence electrons. The molecular formula is C22H28N2O2. The van der Waals surface area contributed by atoms with Gasteiger partial charge in [0.25, 0.3) is 0 Å². The molecule has 26 heavy (non-hydrogen) atoms. The van der Waals surface area contributed by atoms with Crippen molar-refractivity contribution in [1.29, 1.82) is 0 Å². The molecule has 2 aromatic carbocycles. The van der Waals surface area contributed by atoms with Crippen molar-refractivity contribution >= 4 is 17.3 Å². The second-order valence-electron chi connectivity index (χ2n) is 6.84. The fourth-order valence-electron chi connectivity index (χ4n) is 3.58. The quantitative estimate of drug-likeness (QED) is 0.797. The van der Waals surface area contributed by atoms with E-state index in [1.54, 1.807) is 0 Å². The molecule has 0 amide bonds. The van der Waals surface area contributed by atoms with Crippen LogP contribution in [0.4, 0.5) is 11.4 Å². The molecule has 4 heteroatoms. The Labute approximate surface area is 156 Å². The smallest absolute Gasteiger partial charge is 0.309 e. The highest BCUT2D eigenvalue weighted by atomic mass is 16.5. The van der Waals surface area contributed by atoms with Crippen molar-refractivity contribution in [2.24, 2.45) is 0 Å². The van der Waals surface area contributed by atoms with Crippen LogP contribution in [-0.2, 0) is 22.4 Å². The zero-order valence-electron chi connectivity index (χ0n) is 15.7. The first-order valence-corrected chi connectivity index (χ1v) is 9.44. The van der Waals surface area contributed by atoms with Crippen molar-refractivity contribution < 1.29 is 9.53 Å². The lowest BCUT2D eigenvalue weighted by Crippen LogP contribution is -2.39. The number of nitrogens with zero attached hydrogens (tertiary/aromatic N) is 1. The van der Waals surface area contributed by atoms with Gasteiger partial charge in [0.2, 0.25) is 0 Å². The van der Waals surface area contributed by atoms with Gasteiger partial charge in [-0.25, -0.2) is 0 Å². The molecule has 1 fully saturated rings. The lowest BCUT2D eigenvalue weighted by molar-refractivity contribution is -0.139. The van der Waals surface area contributed by atoms with E-state index in [9.17, 15) is 4.79 Å². The van der Waals surface area contributed by atoms with E-state index in [0.29, 0.717) is 12.5 Å². The van der Waals surface area contributed by atoms with Gasteiger partial charge in [-0.3, -0.25) is 4.79 Å². The molecule has 1 aliphatic rings. The van der Waals surface area contributed by atoms with E-state index in [1.165, 1.54) is 18.4 Å². The molecule has 0 radical (unpaired) electrons. The lowest BCUT2D eigenvalue weighted by Gasteiger charge is -2.35. The standard InChI is InChI=1S/C22H28N2O2/c1-3-18-6-4-5-7-21(18)24-14-12-20(13-15-24)23-19-10-8-17(9-11-19)16-22(25)26-2/h4-11,20,23H,3,12-16H2,1-2H3. The number of aryl methyl sites for hydroxylation is 1. The number of ether oxygens (including phenoxy) is 1. The molecule has 1 saturated heterocycles. The maximum absolute atomic E-state index is 11.3. The third-order valence-electron chi connectivity index (χ3n) is 5.11. The second kappa shape index (κ2) is 8.75. The predicted octanol–water partition coefficient (Wildman–Crippen LogP) is 4.05. The fourth-order valence-corrected chi connectivity index (χ4v) is 3.58. The Morgan fingerprint density at radius 3 is 2.46 bits per heavy atom. The summed E-state index contributed by atoms with van der Waals surface area (Å²) in [5.74, 6) is -0.203. The van der Waals surface area contributed by atoms with Gasteiger partial charge in [0.05, 0.1) is 13.5 Å². The van der Waals surface area contributed by atoms with Gasteiger partial charge in [-0.05, 0) is 48.6 Å². The Balaban J connectivity index is 1.53. The van der Waals surface area contributed by atoms with Crippen molar-refractivity contribution in [3.05, 3.63) is 59.7 Å². The van der Waals surface area contributed by atoms with Crippen molar-refractivity contribution in [3.63, 3.8) is 0 Å². The first-order valence-electron chi connectivity index (χ1n) is 9.44. The molecule has 0 bridgehead atoms. The van der Waals surface area contributed by atoms with Crippen LogP contribution in [0.2, 0.25) is 0 Å². The summed E-state index contributed by atoms with van der Waals surface area (Å²) in [5.41, 5.74) is 4.92. The van der Waals surface area contributed by atoms with Crippen LogP contribution in [0, 0.1) is 0 Å². The van der Waals surface area contributed by atoms with Crippen LogP contribution in [0.1, 0.15) is 30.9 Å². The number of benzene rings is 2. The summed E-state index contributed by atoms with van der Waals surface area (Å²) in [4.78, 5) is 13.8. The maximum Gasteiger partial charge on any atom is 0.309 e. The molecule has 1 heterocycles. The highest BCUT2D eigenvalue weighted by molar-refractivity contribution is 5.72. The minimum Gasteiger partial charge on any atom is -0.469 e. The molecule has 0 spiro atoms. The average Bonchev–Trinajstić information content (AvgIpc) is 2.70. The number of para-hydroxylation sites is 1. The highest BCUT2D eigenvalue weighted by Gasteiger charge is 2.20. The van der Waals surface area contributed by atoms with Gasteiger partial charge in [-0.2, -0.15) is 0 Å². The number of hydrogen-bond donors (Lipinski definition) is 1. The van der Waals surface area contributed by atoms with Crippen LogP contribution >= 0.6 is 0 Å². The van der Waals surface area contributed by atoms with Crippen LogP contribution in [0.25, 0.3) is 0 Å². The van der Waals surface area contributed by atoms with Crippen LogP contribution in [0.3, 0.4) is 0 Å². The Morgan fingerprint density at radius 1 is 1.12 bits per heavy atom. The van der Waals surface area contributed by atoms with E-state index in [1.807, 2.05) is 12.1 Å². The van der Waals surface area contributed by atoms with E-state index in [4.69, 9.17) is 4.74 Å². The van der Waals surface area contributed by atoms with E-state index in [2.05, 4.69) is 53.5 Å². The summed E-state index contributed by atoms with van der Waals surface area (Å²) in [6, 6.07) is 17.3. The number of rotatable bonds is 6. The van der Waals surface area contributed by atoms with Gasteiger partial charge in [-0.1, -0.05) is 37.3 Å². The molecular weight excluding hydrogens is 324 g/mol. The van der Waals surface area contributed by atoms with Gasteiger partial charge in [0.15, 0.2) is 0 Å². The van der Waals surface area contributed by atoms with Crippen LogP contribution < -0.4 is 10.2 Å². The van der Waals surface area contributed by atoms with Crippen molar-refractivity contribution in [2.45, 2.75) is 38.6 Å². The monoisotopic (exact) mass is 352 g/mol. The third kappa shape index (κ3) is 4.57. The van der Waals surface area contributed by atoms with Gasteiger partial charge < -0.3 is 15.0 Å². The molecule has 1 N–H and O–H groups in total. The highest BCUT2D eigenvalue weighted by Crippen LogP contribution is 2.26.